The fraction of sp³-hybridized carbons (Fsp3) is 0. The van der Waals surface area contributed by atoms with Crippen LogP contribution in [0.15, 0.2) is 24.7 Å². The first-order valence-corrected chi connectivity index (χ1v) is 3.44. The van der Waals surface area contributed by atoms with Crippen molar-refractivity contribution in [1.82, 2.24) is 9.71 Å². The molecule has 0 saturated heterocycles. The maximum atomic E-state index is 9.30. The molecule has 0 aromatic carbocycles. The Labute approximate surface area is 69.2 Å². The van der Waals surface area contributed by atoms with Crippen molar-refractivity contribution in [3.05, 3.63) is 30.2 Å². The first kappa shape index (κ1) is 6.74. The summed E-state index contributed by atoms with van der Waals surface area (Å²) in [5, 5.41) is 10.1. The van der Waals surface area contributed by atoms with Crippen LogP contribution in [0.4, 0.5) is 0 Å². The zero-order valence-corrected chi connectivity index (χ0v) is 6.23. The molecule has 0 spiro atoms. The summed E-state index contributed by atoms with van der Waals surface area (Å²) in [5.41, 5.74) is 1.31. The van der Waals surface area contributed by atoms with Gasteiger partial charge in [-0.05, 0) is 6.07 Å². The van der Waals surface area contributed by atoms with Crippen molar-refractivity contribution in [2.75, 3.05) is 0 Å². The molecular formula is C9H6N2O. The molecule has 1 N–H and O–H groups in total. The minimum absolute atomic E-state index is 0.630. The van der Waals surface area contributed by atoms with Crippen LogP contribution in [0.5, 0.6) is 0 Å². The van der Waals surface area contributed by atoms with Crippen molar-refractivity contribution in [3.63, 3.8) is 0 Å². The smallest absolute Gasteiger partial charge is 0.106 e. The molecule has 2 aromatic heterocycles. The largest absolute Gasteiger partial charge is 0.428 e. The lowest BCUT2D eigenvalue weighted by molar-refractivity contribution is 0.200. The molecule has 2 rings (SSSR count). The number of hydrogen-bond acceptors (Lipinski definition) is 2. The van der Waals surface area contributed by atoms with Gasteiger partial charge in [0.05, 0.1) is 18.0 Å². The topological polar surface area (TPSA) is 38.0 Å². The summed E-state index contributed by atoms with van der Waals surface area (Å²) >= 11 is 0. The number of fused-ring (bicyclic) bond motifs is 1. The quantitative estimate of drug-likeness (QED) is 0.463. The molecule has 2 aromatic rings. The summed E-state index contributed by atoms with van der Waals surface area (Å²) in [4.78, 5) is 3.87. The van der Waals surface area contributed by atoms with Gasteiger partial charge in [0.2, 0.25) is 0 Å². The maximum Gasteiger partial charge on any atom is 0.106 e. The van der Waals surface area contributed by atoms with Crippen molar-refractivity contribution in [1.29, 1.82) is 0 Å². The van der Waals surface area contributed by atoms with Gasteiger partial charge in [0, 0.05) is 11.6 Å². The van der Waals surface area contributed by atoms with E-state index in [0.29, 0.717) is 11.1 Å². The molecule has 0 amide bonds. The minimum atomic E-state index is 0.630. The van der Waals surface area contributed by atoms with Gasteiger partial charge in [-0.25, -0.2) is 0 Å². The summed E-state index contributed by atoms with van der Waals surface area (Å²) in [6, 6.07) is 1.78. The summed E-state index contributed by atoms with van der Waals surface area (Å²) < 4.78 is 0.984. The Balaban J connectivity index is 2.94. The molecule has 2 heterocycles. The van der Waals surface area contributed by atoms with Crippen molar-refractivity contribution in [2.24, 2.45) is 0 Å². The van der Waals surface area contributed by atoms with Gasteiger partial charge in [-0.2, -0.15) is 4.73 Å². The molecule has 3 heteroatoms. The molecule has 0 aliphatic carbocycles. The SMILES string of the molecule is C#Cc1cn(O)c2cnccc12. The molecule has 0 fully saturated rings. The van der Waals surface area contributed by atoms with Crippen LogP contribution in [0.3, 0.4) is 0 Å². The van der Waals surface area contributed by atoms with Crippen molar-refractivity contribution >= 4 is 10.9 Å². The molecular weight excluding hydrogens is 152 g/mol. The van der Waals surface area contributed by atoms with Gasteiger partial charge in [-0.3, -0.25) is 4.98 Å². The van der Waals surface area contributed by atoms with Gasteiger partial charge in [0.25, 0.3) is 0 Å². The highest BCUT2D eigenvalue weighted by Gasteiger charge is 2.04. The molecule has 0 radical (unpaired) electrons. The molecule has 0 atom stereocenters. The zero-order chi connectivity index (χ0) is 8.55. The van der Waals surface area contributed by atoms with Crippen molar-refractivity contribution < 1.29 is 5.21 Å². The Morgan fingerprint density at radius 2 is 2.42 bits per heavy atom. The second-order valence-corrected chi connectivity index (χ2v) is 2.42. The predicted molar refractivity (Wildman–Crippen MR) is 44.9 cm³/mol. The lowest BCUT2D eigenvalue weighted by atomic mass is 10.2. The van der Waals surface area contributed by atoms with Crippen LogP contribution in [0.1, 0.15) is 5.56 Å². The van der Waals surface area contributed by atoms with Crippen molar-refractivity contribution in [2.45, 2.75) is 0 Å². The highest BCUT2D eigenvalue weighted by molar-refractivity contribution is 5.85. The summed E-state index contributed by atoms with van der Waals surface area (Å²) in [5.74, 6) is 2.48. The van der Waals surface area contributed by atoms with Crippen LogP contribution >= 0.6 is 0 Å². The average Bonchev–Trinajstić information content (AvgIpc) is 2.44. The van der Waals surface area contributed by atoms with E-state index < -0.39 is 0 Å². The first-order valence-electron chi connectivity index (χ1n) is 3.44. The highest BCUT2D eigenvalue weighted by atomic mass is 16.5. The number of aromatic nitrogens is 2. The van der Waals surface area contributed by atoms with Crippen molar-refractivity contribution in [3.8, 4) is 12.3 Å². The van der Waals surface area contributed by atoms with Gasteiger partial charge in [0.1, 0.15) is 5.52 Å². The maximum absolute atomic E-state index is 9.30. The van der Waals surface area contributed by atoms with E-state index in [4.69, 9.17) is 6.42 Å². The first-order chi connectivity index (χ1) is 5.83. The van der Waals surface area contributed by atoms with Crippen LogP contribution in [0, 0.1) is 12.3 Å². The predicted octanol–water partition coefficient (Wildman–Crippen LogP) is 1.25. The third-order valence-corrected chi connectivity index (χ3v) is 1.74. The second kappa shape index (κ2) is 2.28. The third kappa shape index (κ3) is 0.753. The van der Waals surface area contributed by atoms with E-state index in [1.165, 1.54) is 6.20 Å². The number of terminal acetylenes is 1. The lowest BCUT2D eigenvalue weighted by Crippen LogP contribution is -1.85. The highest BCUT2D eigenvalue weighted by Crippen LogP contribution is 2.17. The van der Waals surface area contributed by atoms with Crippen LogP contribution < -0.4 is 0 Å². The summed E-state index contributed by atoms with van der Waals surface area (Å²) in [6.45, 7) is 0. The average molecular weight is 158 g/mol. The van der Waals surface area contributed by atoms with Crippen LogP contribution in [0.2, 0.25) is 0 Å². The van der Waals surface area contributed by atoms with E-state index in [1.54, 1.807) is 18.5 Å². The normalized spacial score (nSPS) is 9.92. The van der Waals surface area contributed by atoms with E-state index in [9.17, 15) is 5.21 Å². The van der Waals surface area contributed by atoms with Crippen LogP contribution in [0.25, 0.3) is 10.9 Å². The van der Waals surface area contributed by atoms with E-state index in [2.05, 4.69) is 10.9 Å². The van der Waals surface area contributed by atoms with E-state index >= 15 is 0 Å². The number of hydrogen-bond donors (Lipinski definition) is 1. The Morgan fingerprint density at radius 1 is 1.58 bits per heavy atom. The zero-order valence-electron chi connectivity index (χ0n) is 6.23. The van der Waals surface area contributed by atoms with Gasteiger partial charge in [-0.1, -0.05) is 5.92 Å². The van der Waals surface area contributed by atoms with Gasteiger partial charge >= 0.3 is 0 Å². The molecule has 3 nitrogen and oxygen atoms in total. The van der Waals surface area contributed by atoms with E-state index in [0.717, 1.165) is 10.1 Å². The van der Waals surface area contributed by atoms with Gasteiger partial charge in [-0.15, -0.1) is 6.42 Å². The standard InChI is InChI=1S/C9H6N2O/c1-2-7-6-11(12)9-5-10-4-3-8(7)9/h1,3-6,12H. The Kier molecular flexibility index (Phi) is 1.28. The number of rotatable bonds is 0. The molecule has 58 valence electrons. The van der Waals surface area contributed by atoms with Crippen LogP contribution in [-0.2, 0) is 0 Å². The lowest BCUT2D eigenvalue weighted by Gasteiger charge is -1.90. The Hall–Kier alpha value is -1.95. The molecule has 0 unspecified atom stereocenters. The molecule has 0 aliphatic rings. The van der Waals surface area contributed by atoms with Gasteiger partial charge in [0.15, 0.2) is 0 Å². The molecule has 0 bridgehead atoms. The van der Waals surface area contributed by atoms with Gasteiger partial charge < -0.3 is 5.21 Å². The van der Waals surface area contributed by atoms with Crippen LogP contribution in [-0.4, -0.2) is 14.9 Å². The van der Waals surface area contributed by atoms with E-state index in [-0.39, 0.29) is 0 Å². The Bertz CT molecular complexity index is 465. The second-order valence-electron chi connectivity index (χ2n) is 2.42. The fourth-order valence-corrected chi connectivity index (χ4v) is 1.17. The Morgan fingerprint density at radius 3 is 3.17 bits per heavy atom. The summed E-state index contributed by atoms with van der Waals surface area (Å²) in [7, 11) is 0. The summed E-state index contributed by atoms with van der Waals surface area (Å²) in [6.07, 6.45) is 9.93. The third-order valence-electron chi connectivity index (χ3n) is 1.74. The fourth-order valence-electron chi connectivity index (χ4n) is 1.17. The minimum Gasteiger partial charge on any atom is -0.428 e. The molecule has 0 saturated carbocycles. The monoisotopic (exact) mass is 158 g/mol. The molecule has 12 heavy (non-hydrogen) atoms. The molecule has 0 aliphatic heterocycles. The number of nitrogens with zero attached hydrogens (tertiary/aromatic N) is 2. The number of pyridine rings is 1. The van der Waals surface area contributed by atoms with E-state index in [1.807, 2.05) is 0 Å².